The fourth-order valence-corrected chi connectivity index (χ4v) is 3.76. The van der Waals surface area contributed by atoms with E-state index in [2.05, 4.69) is 22.9 Å². The van der Waals surface area contributed by atoms with Crippen molar-refractivity contribution in [2.75, 3.05) is 26.3 Å². The lowest BCUT2D eigenvalue weighted by atomic mass is 10.0. The maximum atomic E-state index is 5.67. The molecule has 0 aromatic heterocycles. The third-order valence-corrected chi connectivity index (χ3v) is 5.63. The van der Waals surface area contributed by atoms with E-state index in [0.717, 1.165) is 26.2 Å². The third-order valence-electron chi connectivity index (χ3n) is 5.63. The van der Waals surface area contributed by atoms with Gasteiger partial charge in [-0.15, -0.1) is 0 Å². The van der Waals surface area contributed by atoms with E-state index in [9.17, 15) is 0 Å². The minimum atomic E-state index is 0.971. The number of rotatable bonds is 20. The van der Waals surface area contributed by atoms with E-state index >= 15 is 0 Å². The van der Waals surface area contributed by atoms with Crippen LogP contribution in [-0.2, 0) is 4.74 Å². The first-order valence-corrected chi connectivity index (χ1v) is 12.4. The van der Waals surface area contributed by atoms with Gasteiger partial charge in [0.25, 0.3) is 0 Å². The zero-order valence-corrected chi connectivity index (χ0v) is 18.9. The van der Waals surface area contributed by atoms with Gasteiger partial charge in [0.05, 0.1) is 6.34 Å². The quantitative estimate of drug-likeness (QED) is 0.200. The summed E-state index contributed by atoms with van der Waals surface area (Å²) >= 11 is 0. The Morgan fingerprint density at radius 1 is 0.714 bits per heavy atom. The summed E-state index contributed by atoms with van der Waals surface area (Å²) in [5.41, 5.74) is 0. The standard InChI is InChI=1S/C25H48N2O/c1-2-3-18-23-28-24-19-14-12-10-8-6-4-5-7-9-11-13-16-21-27-22-17-15-20-26-25-27/h15,20,25H,2-14,16-19,21-24H2,1H3. The maximum Gasteiger partial charge on any atom is 0.0904 e. The molecule has 0 aromatic carbocycles. The molecule has 0 spiro atoms. The van der Waals surface area contributed by atoms with Crippen molar-refractivity contribution in [1.29, 1.82) is 0 Å². The van der Waals surface area contributed by atoms with Crippen LogP contribution in [0.4, 0.5) is 0 Å². The lowest BCUT2D eigenvalue weighted by molar-refractivity contribution is 0.126. The van der Waals surface area contributed by atoms with E-state index in [1.54, 1.807) is 0 Å². The largest absolute Gasteiger partial charge is 0.381 e. The third kappa shape index (κ3) is 17.3. The van der Waals surface area contributed by atoms with E-state index in [1.165, 1.54) is 109 Å². The number of unbranched alkanes of at least 4 members (excludes halogenated alkanes) is 14. The number of nitrogens with zero attached hydrogens (tertiary/aromatic N) is 2. The van der Waals surface area contributed by atoms with Gasteiger partial charge in [-0.25, -0.2) is 4.99 Å². The summed E-state index contributed by atoms with van der Waals surface area (Å²) in [5.74, 6) is 0. The van der Waals surface area contributed by atoms with Crippen molar-refractivity contribution < 1.29 is 4.74 Å². The Morgan fingerprint density at radius 3 is 1.86 bits per heavy atom. The van der Waals surface area contributed by atoms with E-state index in [4.69, 9.17) is 4.74 Å². The van der Waals surface area contributed by atoms with Gasteiger partial charge in [0.1, 0.15) is 0 Å². The minimum Gasteiger partial charge on any atom is -0.381 e. The summed E-state index contributed by atoms with van der Waals surface area (Å²) in [6, 6.07) is 0. The second-order valence-electron chi connectivity index (χ2n) is 8.39. The van der Waals surface area contributed by atoms with Crippen LogP contribution in [0.1, 0.15) is 116 Å². The molecular weight excluding hydrogens is 344 g/mol. The Bertz CT molecular complexity index is 368. The van der Waals surface area contributed by atoms with Crippen LogP contribution in [0.5, 0.6) is 0 Å². The Balaban J connectivity index is 1.68. The number of ether oxygens (including phenoxy) is 1. The Morgan fingerprint density at radius 2 is 1.25 bits per heavy atom. The lowest BCUT2D eigenvalue weighted by Gasteiger charge is -2.17. The zero-order valence-electron chi connectivity index (χ0n) is 18.9. The van der Waals surface area contributed by atoms with Crippen molar-refractivity contribution in [3.63, 3.8) is 0 Å². The van der Waals surface area contributed by atoms with Gasteiger partial charge in [-0.1, -0.05) is 96.5 Å². The average molecular weight is 393 g/mol. The number of hydrogen-bond donors (Lipinski definition) is 0. The molecule has 0 bridgehead atoms. The predicted octanol–water partition coefficient (Wildman–Crippen LogP) is 7.51. The topological polar surface area (TPSA) is 24.8 Å². The monoisotopic (exact) mass is 392 g/mol. The van der Waals surface area contributed by atoms with Gasteiger partial charge in [-0.3, -0.25) is 0 Å². The smallest absolute Gasteiger partial charge is 0.0904 e. The summed E-state index contributed by atoms with van der Waals surface area (Å²) < 4.78 is 5.67. The second kappa shape index (κ2) is 20.9. The molecule has 1 aliphatic heterocycles. The van der Waals surface area contributed by atoms with E-state index in [0.29, 0.717) is 0 Å². The number of hydrogen-bond acceptors (Lipinski definition) is 3. The van der Waals surface area contributed by atoms with Crippen LogP contribution >= 0.6 is 0 Å². The second-order valence-corrected chi connectivity index (χ2v) is 8.39. The molecule has 0 amide bonds. The average Bonchev–Trinajstić information content (AvgIpc) is 2.98. The lowest BCUT2D eigenvalue weighted by Crippen LogP contribution is -2.23. The van der Waals surface area contributed by atoms with Crippen LogP contribution in [0, 0.1) is 0 Å². The van der Waals surface area contributed by atoms with Crippen LogP contribution in [0.2, 0.25) is 0 Å². The molecule has 1 rings (SSSR count). The molecule has 0 saturated heterocycles. The van der Waals surface area contributed by atoms with Crippen LogP contribution < -0.4 is 0 Å². The molecule has 0 N–H and O–H groups in total. The molecular formula is C25H48N2O. The maximum absolute atomic E-state index is 5.67. The van der Waals surface area contributed by atoms with Gasteiger partial charge in [0.15, 0.2) is 0 Å². The van der Waals surface area contributed by atoms with Crippen LogP contribution in [0.25, 0.3) is 0 Å². The molecule has 0 aliphatic carbocycles. The molecule has 0 radical (unpaired) electrons. The highest BCUT2D eigenvalue weighted by Gasteiger charge is 2.00. The fraction of sp³-hybridized carbons (Fsp3) is 0.880. The summed E-state index contributed by atoms with van der Waals surface area (Å²) in [5, 5.41) is 0. The summed E-state index contributed by atoms with van der Waals surface area (Å²) in [4.78, 5) is 6.63. The Hall–Kier alpha value is -0.830. The van der Waals surface area contributed by atoms with Gasteiger partial charge < -0.3 is 9.64 Å². The van der Waals surface area contributed by atoms with Gasteiger partial charge >= 0.3 is 0 Å². The first-order valence-electron chi connectivity index (χ1n) is 12.4. The Kier molecular flexibility index (Phi) is 18.8. The van der Waals surface area contributed by atoms with Crippen molar-refractivity contribution in [2.24, 2.45) is 4.99 Å². The first kappa shape index (κ1) is 25.2. The molecule has 0 saturated carbocycles. The Labute approximate surface area is 176 Å². The molecule has 3 nitrogen and oxygen atoms in total. The predicted molar refractivity (Wildman–Crippen MR) is 124 cm³/mol. The SMILES string of the molecule is CCCCCOCCCCCCCCCCCCCCCN1C=NC=CCC1. The van der Waals surface area contributed by atoms with Crippen LogP contribution in [0.15, 0.2) is 17.3 Å². The van der Waals surface area contributed by atoms with Gasteiger partial charge in [0.2, 0.25) is 0 Å². The summed E-state index contributed by atoms with van der Waals surface area (Å²) in [7, 11) is 0. The van der Waals surface area contributed by atoms with Crippen molar-refractivity contribution >= 4 is 6.34 Å². The molecule has 0 atom stereocenters. The van der Waals surface area contributed by atoms with Crippen molar-refractivity contribution in [2.45, 2.75) is 116 Å². The van der Waals surface area contributed by atoms with Crippen LogP contribution in [-0.4, -0.2) is 37.5 Å². The van der Waals surface area contributed by atoms with Gasteiger partial charge in [-0.05, 0) is 25.7 Å². The molecule has 0 aromatic rings. The first-order chi connectivity index (χ1) is 13.9. The highest BCUT2D eigenvalue weighted by atomic mass is 16.5. The van der Waals surface area contributed by atoms with Crippen molar-refractivity contribution in [3.05, 3.63) is 12.3 Å². The van der Waals surface area contributed by atoms with Crippen LogP contribution in [0.3, 0.4) is 0 Å². The summed E-state index contributed by atoms with van der Waals surface area (Å²) in [6.45, 7) is 6.50. The zero-order chi connectivity index (χ0) is 20.0. The molecule has 1 aliphatic rings. The summed E-state index contributed by atoms with van der Waals surface area (Å²) in [6.07, 6.45) is 29.2. The molecule has 0 unspecified atom stereocenters. The van der Waals surface area contributed by atoms with Crippen molar-refractivity contribution in [3.8, 4) is 0 Å². The molecule has 164 valence electrons. The number of aliphatic imine (C=N–C) groups is 1. The van der Waals surface area contributed by atoms with E-state index < -0.39 is 0 Å². The fourth-order valence-electron chi connectivity index (χ4n) is 3.76. The highest BCUT2D eigenvalue weighted by molar-refractivity contribution is 5.56. The van der Waals surface area contributed by atoms with Gasteiger partial charge in [-0.2, -0.15) is 0 Å². The highest BCUT2D eigenvalue weighted by Crippen LogP contribution is 2.13. The normalized spacial score (nSPS) is 14.0. The molecule has 1 heterocycles. The van der Waals surface area contributed by atoms with E-state index in [1.807, 2.05) is 12.5 Å². The van der Waals surface area contributed by atoms with Crippen molar-refractivity contribution in [1.82, 2.24) is 4.90 Å². The van der Waals surface area contributed by atoms with E-state index in [-0.39, 0.29) is 0 Å². The molecule has 3 heteroatoms. The minimum absolute atomic E-state index is 0.971. The van der Waals surface area contributed by atoms with Gasteiger partial charge in [0, 0.05) is 32.5 Å². The molecule has 0 fully saturated rings. The molecule has 28 heavy (non-hydrogen) atoms.